The van der Waals surface area contributed by atoms with Crippen molar-refractivity contribution >= 4 is 11.7 Å². The maximum Gasteiger partial charge on any atom is 0.320 e. The summed E-state index contributed by atoms with van der Waals surface area (Å²) in [6.07, 6.45) is 4.48. The molecule has 1 fully saturated rings. The highest BCUT2D eigenvalue weighted by atomic mass is 16.2. The molecule has 19 heavy (non-hydrogen) atoms. The molecule has 2 amide bonds. The smallest absolute Gasteiger partial charge is 0.320 e. The summed E-state index contributed by atoms with van der Waals surface area (Å²) in [5.41, 5.74) is 9.15. The number of hydrogen-bond donors (Lipinski definition) is 1. The van der Waals surface area contributed by atoms with Crippen LogP contribution in [0.3, 0.4) is 0 Å². The van der Waals surface area contributed by atoms with E-state index in [1.165, 1.54) is 17.5 Å². The molecular formula is C15H21N3O. The molecule has 3 rings (SSSR count). The van der Waals surface area contributed by atoms with Crippen molar-refractivity contribution < 1.29 is 4.79 Å². The van der Waals surface area contributed by atoms with E-state index in [-0.39, 0.29) is 6.03 Å². The van der Waals surface area contributed by atoms with Crippen LogP contribution in [0.4, 0.5) is 10.5 Å². The van der Waals surface area contributed by atoms with E-state index in [4.69, 9.17) is 5.73 Å². The van der Waals surface area contributed by atoms with Crippen molar-refractivity contribution in [2.75, 3.05) is 25.4 Å². The number of anilines is 1. The fraction of sp³-hybridized carbons (Fsp3) is 0.533. The third-order valence-electron chi connectivity index (χ3n) is 4.14. The van der Waals surface area contributed by atoms with Gasteiger partial charge in [-0.05, 0) is 48.9 Å². The molecule has 0 radical (unpaired) electrons. The second kappa shape index (κ2) is 5.11. The molecule has 1 saturated heterocycles. The van der Waals surface area contributed by atoms with Gasteiger partial charge in [0, 0.05) is 31.9 Å². The van der Waals surface area contributed by atoms with Crippen LogP contribution in [0.2, 0.25) is 0 Å². The van der Waals surface area contributed by atoms with Crippen molar-refractivity contribution in [3.63, 3.8) is 0 Å². The number of nitrogen functional groups attached to an aromatic ring is 1. The Bertz CT molecular complexity index is 480. The van der Waals surface area contributed by atoms with Gasteiger partial charge in [0.05, 0.1) is 0 Å². The first-order valence-corrected chi connectivity index (χ1v) is 7.15. The molecule has 0 bridgehead atoms. The van der Waals surface area contributed by atoms with Gasteiger partial charge in [0.15, 0.2) is 0 Å². The van der Waals surface area contributed by atoms with Gasteiger partial charge in [-0.15, -0.1) is 0 Å². The van der Waals surface area contributed by atoms with Crippen molar-refractivity contribution in [3.05, 3.63) is 29.3 Å². The highest BCUT2D eigenvalue weighted by Gasteiger charge is 2.25. The van der Waals surface area contributed by atoms with Crippen molar-refractivity contribution in [1.82, 2.24) is 9.80 Å². The first-order chi connectivity index (χ1) is 9.24. The minimum atomic E-state index is 0.202. The lowest BCUT2D eigenvalue weighted by Gasteiger charge is -2.35. The topological polar surface area (TPSA) is 49.6 Å². The van der Waals surface area contributed by atoms with E-state index >= 15 is 0 Å². The zero-order valence-electron chi connectivity index (χ0n) is 11.3. The molecule has 1 aromatic rings. The summed E-state index contributed by atoms with van der Waals surface area (Å²) in [7, 11) is 0. The van der Waals surface area contributed by atoms with Crippen LogP contribution in [-0.4, -0.2) is 35.5 Å². The number of carbonyl (C=O) groups is 1. The van der Waals surface area contributed by atoms with Crippen molar-refractivity contribution in [2.24, 2.45) is 0 Å². The molecule has 0 atom stereocenters. The Morgan fingerprint density at radius 3 is 2.58 bits per heavy atom. The Morgan fingerprint density at radius 1 is 1.00 bits per heavy atom. The van der Waals surface area contributed by atoms with Crippen LogP contribution in [-0.2, 0) is 13.0 Å². The summed E-state index contributed by atoms with van der Waals surface area (Å²) in [4.78, 5) is 16.4. The largest absolute Gasteiger partial charge is 0.399 e. The van der Waals surface area contributed by atoms with Gasteiger partial charge in [0.2, 0.25) is 0 Å². The summed E-state index contributed by atoms with van der Waals surface area (Å²) >= 11 is 0. The molecule has 0 spiro atoms. The van der Waals surface area contributed by atoms with Crippen LogP contribution in [0.25, 0.3) is 0 Å². The molecule has 0 unspecified atom stereocenters. The van der Waals surface area contributed by atoms with Gasteiger partial charge in [-0.25, -0.2) is 4.79 Å². The Balaban J connectivity index is 1.72. The number of amides is 2. The summed E-state index contributed by atoms with van der Waals surface area (Å²) in [6.45, 7) is 3.36. The third-order valence-corrected chi connectivity index (χ3v) is 4.14. The summed E-state index contributed by atoms with van der Waals surface area (Å²) in [5, 5.41) is 0. The molecule has 4 nitrogen and oxygen atoms in total. The van der Waals surface area contributed by atoms with Gasteiger partial charge >= 0.3 is 6.03 Å². The van der Waals surface area contributed by atoms with E-state index in [1.54, 1.807) is 0 Å². The molecule has 2 aliphatic heterocycles. The van der Waals surface area contributed by atoms with Crippen molar-refractivity contribution in [1.29, 1.82) is 0 Å². The van der Waals surface area contributed by atoms with Crippen LogP contribution in [0.15, 0.2) is 18.2 Å². The minimum absolute atomic E-state index is 0.202. The molecule has 4 heteroatoms. The van der Waals surface area contributed by atoms with E-state index in [0.29, 0.717) is 6.54 Å². The minimum Gasteiger partial charge on any atom is -0.399 e. The Morgan fingerprint density at radius 2 is 1.79 bits per heavy atom. The zero-order chi connectivity index (χ0) is 13.2. The molecule has 102 valence electrons. The van der Waals surface area contributed by atoms with Gasteiger partial charge in [0.1, 0.15) is 0 Å². The standard InChI is InChI=1S/C15H21N3O/c16-14-5-4-12-6-9-18(11-13(12)10-14)15(19)17-7-2-1-3-8-17/h4-5,10H,1-3,6-9,11,16H2. The number of benzene rings is 1. The number of urea groups is 1. The van der Waals surface area contributed by atoms with Crippen LogP contribution in [0.5, 0.6) is 0 Å². The average Bonchev–Trinajstić information content (AvgIpc) is 2.46. The van der Waals surface area contributed by atoms with Gasteiger partial charge < -0.3 is 15.5 Å². The number of likely N-dealkylation sites (tertiary alicyclic amines) is 1. The average molecular weight is 259 g/mol. The van der Waals surface area contributed by atoms with E-state index in [2.05, 4.69) is 6.07 Å². The van der Waals surface area contributed by atoms with E-state index in [9.17, 15) is 4.79 Å². The molecule has 0 saturated carbocycles. The van der Waals surface area contributed by atoms with Gasteiger partial charge in [-0.1, -0.05) is 6.07 Å². The first kappa shape index (κ1) is 12.3. The van der Waals surface area contributed by atoms with Crippen molar-refractivity contribution in [2.45, 2.75) is 32.2 Å². The molecule has 1 aromatic carbocycles. The fourth-order valence-corrected chi connectivity index (χ4v) is 3.03. The highest BCUT2D eigenvalue weighted by Crippen LogP contribution is 2.23. The number of nitrogens with zero attached hydrogens (tertiary/aromatic N) is 2. The molecule has 0 aliphatic carbocycles. The number of fused-ring (bicyclic) bond motifs is 1. The Kier molecular flexibility index (Phi) is 3.32. The van der Waals surface area contributed by atoms with Gasteiger partial charge in [-0.2, -0.15) is 0 Å². The predicted octanol–water partition coefficient (Wildman–Crippen LogP) is 2.23. The number of nitrogens with two attached hydrogens (primary N) is 1. The van der Waals surface area contributed by atoms with Gasteiger partial charge in [-0.3, -0.25) is 0 Å². The Labute approximate surface area is 114 Å². The lowest BCUT2D eigenvalue weighted by atomic mass is 9.99. The fourth-order valence-electron chi connectivity index (χ4n) is 3.03. The van der Waals surface area contributed by atoms with Crippen LogP contribution in [0.1, 0.15) is 30.4 Å². The SMILES string of the molecule is Nc1ccc2c(c1)CN(C(=O)N1CCCCC1)CC2. The molecule has 0 aromatic heterocycles. The number of piperidine rings is 1. The zero-order valence-corrected chi connectivity index (χ0v) is 11.3. The normalized spacial score (nSPS) is 19.2. The summed E-state index contributed by atoms with van der Waals surface area (Å²) in [6, 6.07) is 6.24. The Hall–Kier alpha value is -1.71. The van der Waals surface area contributed by atoms with E-state index in [1.807, 2.05) is 21.9 Å². The molecular weight excluding hydrogens is 238 g/mol. The van der Waals surface area contributed by atoms with Crippen LogP contribution < -0.4 is 5.73 Å². The number of hydrogen-bond acceptors (Lipinski definition) is 2. The van der Waals surface area contributed by atoms with E-state index < -0.39 is 0 Å². The lowest BCUT2D eigenvalue weighted by molar-refractivity contribution is 0.139. The maximum atomic E-state index is 12.5. The van der Waals surface area contributed by atoms with Crippen molar-refractivity contribution in [3.8, 4) is 0 Å². The van der Waals surface area contributed by atoms with E-state index in [0.717, 1.165) is 44.6 Å². The summed E-state index contributed by atoms with van der Waals surface area (Å²) in [5.74, 6) is 0. The van der Waals surface area contributed by atoms with Crippen LogP contribution in [0, 0.1) is 0 Å². The molecule has 2 N–H and O–H groups in total. The quantitative estimate of drug-likeness (QED) is 0.726. The number of carbonyl (C=O) groups excluding carboxylic acids is 1. The van der Waals surface area contributed by atoms with Crippen LogP contribution >= 0.6 is 0 Å². The second-order valence-electron chi connectivity index (χ2n) is 5.53. The third kappa shape index (κ3) is 2.53. The number of rotatable bonds is 0. The summed E-state index contributed by atoms with van der Waals surface area (Å²) < 4.78 is 0. The molecule has 2 heterocycles. The first-order valence-electron chi connectivity index (χ1n) is 7.15. The lowest BCUT2D eigenvalue weighted by Crippen LogP contribution is -2.47. The molecule has 2 aliphatic rings. The van der Waals surface area contributed by atoms with Gasteiger partial charge in [0.25, 0.3) is 0 Å². The maximum absolute atomic E-state index is 12.5. The highest BCUT2D eigenvalue weighted by molar-refractivity contribution is 5.75. The predicted molar refractivity (Wildman–Crippen MR) is 75.8 cm³/mol. The monoisotopic (exact) mass is 259 g/mol. The second-order valence-corrected chi connectivity index (χ2v) is 5.53.